The normalized spacial score (nSPS) is 21.5. The molecule has 3 rings (SSSR count). The first-order valence-electron chi connectivity index (χ1n) is 15.2. The zero-order valence-corrected chi connectivity index (χ0v) is 29.3. The van der Waals surface area contributed by atoms with Crippen LogP contribution in [0.25, 0.3) is 5.52 Å². The first kappa shape index (κ1) is 39.3. The second kappa shape index (κ2) is 14.8. The van der Waals surface area contributed by atoms with E-state index in [0.29, 0.717) is 0 Å². The summed E-state index contributed by atoms with van der Waals surface area (Å²) in [5.74, 6) is -8.03. The predicted molar refractivity (Wildman–Crippen MR) is 167 cm³/mol. The average molecular weight is 712 g/mol. The Bertz CT molecular complexity index is 1640. The number of aromatic nitrogens is 3. The van der Waals surface area contributed by atoms with Crippen molar-refractivity contribution in [1.82, 2.24) is 14.6 Å². The number of fused-ring (bicyclic) bond motifs is 1. The van der Waals surface area contributed by atoms with Crippen LogP contribution in [0.15, 0.2) is 18.5 Å². The van der Waals surface area contributed by atoms with Gasteiger partial charge in [-0.1, -0.05) is 27.7 Å². The lowest BCUT2D eigenvalue weighted by Gasteiger charge is -2.42. The highest BCUT2D eigenvalue weighted by Crippen LogP contribution is 2.61. The SMILES string of the molecule is CC(C)C(=O)OCOP(=O)(OCOC(=O)C(C)C)OC[C@@H]1O[C@@](C#N)(c2ccc3c(N)ncnn23)[C@@H](C(C)(C)C(=O)O)[C@@H]1C(C)(C)C(=O)O. The Morgan fingerprint density at radius 2 is 1.53 bits per heavy atom. The van der Waals surface area contributed by atoms with Crippen LogP contribution in [0.5, 0.6) is 0 Å². The van der Waals surface area contributed by atoms with Gasteiger partial charge in [0.2, 0.25) is 19.2 Å². The molecule has 1 saturated heterocycles. The topological polar surface area (TPSA) is 261 Å². The number of phosphoric acid groups is 1. The highest BCUT2D eigenvalue weighted by atomic mass is 31.2. The number of hydrogen-bond donors (Lipinski definition) is 3. The Hall–Kier alpha value is -4.14. The van der Waals surface area contributed by atoms with Crippen LogP contribution in [-0.4, -0.2) is 75.0 Å². The summed E-state index contributed by atoms with van der Waals surface area (Å²) in [5, 5.41) is 35.9. The molecule has 18 nitrogen and oxygen atoms in total. The van der Waals surface area contributed by atoms with Gasteiger partial charge in [0.1, 0.15) is 17.9 Å². The third-order valence-corrected chi connectivity index (χ3v) is 9.75. The first-order valence-corrected chi connectivity index (χ1v) is 16.6. The molecule has 4 N–H and O–H groups in total. The quantitative estimate of drug-likeness (QED) is 0.128. The second-order valence-corrected chi connectivity index (χ2v) is 14.9. The molecule has 1 fully saturated rings. The number of nitrogens with zero attached hydrogens (tertiary/aromatic N) is 4. The first-order chi connectivity index (χ1) is 22.7. The summed E-state index contributed by atoms with van der Waals surface area (Å²) < 4.78 is 47.3. The van der Waals surface area contributed by atoms with E-state index in [2.05, 4.69) is 16.2 Å². The van der Waals surface area contributed by atoms with Gasteiger partial charge in [0.05, 0.1) is 41.1 Å². The summed E-state index contributed by atoms with van der Waals surface area (Å²) in [5.41, 5.74) is 0.423. The summed E-state index contributed by atoms with van der Waals surface area (Å²) in [6.07, 6.45) is -0.359. The minimum atomic E-state index is -4.81. The molecule has 2 aromatic rings. The second-order valence-electron chi connectivity index (χ2n) is 13.2. The smallest absolute Gasteiger partial charge is 0.480 e. The molecule has 0 aromatic carbocycles. The molecule has 270 valence electrons. The molecule has 0 amide bonds. The number of anilines is 1. The van der Waals surface area contributed by atoms with E-state index in [-0.39, 0.29) is 17.0 Å². The molecule has 1 aliphatic heterocycles. The number of aliphatic carboxylic acids is 2. The molecule has 1 aliphatic rings. The summed E-state index contributed by atoms with van der Waals surface area (Å²) in [4.78, 5) is 53.6. The van der Waals surface area contributed by atoms with E-state index < -0.39 is 98.1 Å². The standard InChI is InChI=1S/C30H42N5O13P/c1-16(2)24(36)43-14-46-49(42,47-15-44-25(37)17(3)4)45-11-19-21(28(5,6)26(38)39)22(29(7,8)27(40)41)30(12-31,48-19)20-10-9-18-23(32)33-13-34-35(18)20/h9-10,13,16-17,19,21-22H,11,14-15H2,1-8H3,(H,38,39)(H,40,41)(H2,32,33,34)/t19-,21+,22+,30-/m0/s1. The molecule has 49 heavy (non-hydrogen) atoms. The van der Waals surface area contributed by atoms with Gasteiger partial charge in [-0.15, -0.1) is 0 Å². The number of nitrogen functional groups attached to an aromatic ring is 1. The van der Waals surface area contributed by atoms with Gasteiger partial charge in [-0.05, 0) is 39.8 Å². The lowest BCUT2D eigenvalue weighted by molar-refractivity contribution is -0.161. The summed E-state index contributed by atoms with van der Waals surface area (Å²) in [7, 11) is -4.81. The number of nitriles is 1. The van der Waals surface area contributed by atoms with Crippen LogP contribution in [0.4, 0.5) is 5.82 Å². The summed E-state index contributed by atoms with van der Waals surface area (Å²) in [6, 6.07) is 5.01. The number of carboxylic acid groups (broad SMARTS) is 2. The van der Waals surface area contributed by atoms with E-state index in [1.54, 1.807) is 27.7 Å². The third-order valence-electron chi connectivity index (χ3n) is 8.44. The van der Waals surface area contributed by atoms with Gasteiger partial charge in [0, 0.05) is 11.8 Å². The van der Waals surface area contributed by atoms with Crippen LogP contribution in [0.2, 0.25) is 0 Å². The van der Waals surface area contributed by atoms with Gasteiger partial charge >= 0.3 is 31.7 Å². The van der Waals surface area contributed by atoms with Crippen LogP contribution in [0.3, 0.4) is 0 Å². The molecule has 0 spiro atoms. The molecule has 2 aromatic heterocycles. The van der Waals surface area contributed by atoms with E-state index >= 15 is 0 Å². The van der Waals surface area contributed by atoms with Crippen LogP contribution in [0, 0.1) is 45.8 Å². The minimum absolute atomic E-state index is 0.0176. The molecule has 0 radical (unpaired) electrons. The Morgan fingerprint density at radius 1 is 1.00 bits per heavy atom. The van der Waals surface area contributed by atoms with Crippen molar-refractivity contribution in [2.24, 2.45) is 34.5 Å². The fourth-order valence-electron chi connectivity index (χ4n) is 5.62. The van der Waals surface area contributed by atoms with Crippen LogP contribution in [0.1, 0.15) is 61.1 Å². The number of carbonyl (C=O) groups excluding carboxylic acids is 2. The van der Waals surface area contributed by atoms with E-state index in [1.165, 1.54) is 44.3 Å². The molecule has 0 saturated carbocycles. The predicted octanol–water partition coefficient (Wildman–Crippen LogP) is 3.35. The highest BCUT2D eigenvalue weighted by Gasteiger charge is 2.68. The summed E-state index contributed by atoms with van der Waals surface area (Å²) in [6.45, 7) is 8.89. The monoisotopic (exact) mass is 711 g/mol. The molecule has 3 heterocycles. The molecule has 0 aliphatic carbocycles. The maximum absolute atomic E-state index is 13.8. The van der Waals surface area contributed by atoms with Crippen molar-refractivity contribution in [1.29, 1.82) is 5.26 Å². The van der Waals surface area contributed by atoms with Crippen molar-refractivity contribution in [3.05, 3.63) is 24.2 Å². The van der Waals surface area contributed by atoms with Gasteiger partial charge in [-0.25, -0.2) is 23.1 Å². The number of ether oxygens (including phenoxy) is 3. The molecular weight excluding hydrogens is 669 g/mol. The van der Waals surface area contributed by atoms with Gasteiger partial charge in [0.25, 0.3) is 0 Å². The fraction of sp³-hybridized carbons (Fsp3) is 0.633. The van der Waals surface area contributed by atoms with E-state index in [1.807, 2.05) is 0 Å². The highest BCUT2D eigenvalue weighted by molar-refractivity contribution is 7.48. The van der Waals surface area contributed by atoms with E-state index in [9.17, 15) is 39.2 Å². The van der Waals surface area contributed by atoms with Gasteiger partial charge in [0.15, 0.2) is 5.82 Å². The van der Waals surface area contributed by atoms with Crippen molar-refractivity contribution in [3.63, 3.8) is 0 Å². The van der Waals surface area contributed by atoms with Crippen molar-refractivity contribution in [2.75, 3.05) is 25.9 Å². The zero-order chi connectivity index (χ0) is 37.1. The van der Waals surface area contributed by atoms with Gasteiger partial charge < -0.3 is 30.2 Å². The van der Waals surface area contributed by atoms with Gasteiger partial charge in [-0.3, -0.25) is 23.7 Å². The number of esters is 2. The average Bonchev–Trinajstić information content (AvgIpc) is 3.61. The van der Waals surface area contributed by atoms with E-state index in [4.69, 9.17) is 33.5 Å². The number of carbonyl (C=O) groups is 4. The number of nitrogens with two attached hydrogens (primary N) is 1. The number of hydrogen-bond acceptors (Lipinski definition) is 15. The lowest BCUT2D eigenvalue weighted by Crippen LogP contribution is -2.51. The lowest BCUT2D eigenvalue weighted by atomic mass is 9.57. The Kier molecular flexibility index (Phi) is 11.8. The van der Waals surface area contributed by atoms with Gasteiger partial charge in [-0.2, -0.15) is 10.4 Å². The molecular formula is C30H42N5O13P. The molecule has 0 unspecified atom stereocenters. The zero-order valence-electron chi connectivity index (χ0n) is 28.4. The van der Waals surface area contributed by atoms with Crippen LogP contribution in [-0.2, 0) is 57.1 Å². The third kappa shape index (κ3) is 7.86. The molecule has 19 heteroatoms. The minimum Gasteiger partial charge on any atom is -0.481 e. The largest absolute Gasteiger partial charge is 0.481 e. The number of phosphoric ester groups is 1. The van der Waals surface area contributed by atoms with Crippen LogP contribution < -0.4 is 5.73 Å². The van der Waals surface area contributed by atoms with Crippen molar-refractivity contribution in [2.45, 2.75) is 67.1 Å². The number of carboxylic acids is 2. The van der Waals surface area contributed by atoms with Crippen molar-refractivity contribution >= 4 is 43.0 Å². The Morgan fingerprint density at radius 3 is 2.00 bits per heavy atom. The number of rotatable bonds is 16. The van der Waals surface area contributed by atoms with Crippen molar-refractivity contribution in [3.8, 4) is 6.07 Å². The maximum atomic E-state index is 13.8. The maximum Gasteiger partial charge on any atom is 0.480 e. The molecule has 4 atom stereocenters. The van der Waals surface area contributed by atoms with E-state index in [0.717, 1.165) is 6.33 Å². The van der Waals surface area contributed by atoms with Crippen LogP contribution >= 0.6 is 7.82 Å². The van der Waals surface area contributed by atoms with Crippen molar-refractivity contribution < 1.29 is 61.7 Å². The Labute approximate surface area is 282 Å². The summed E-state index contributed by atoms with van der Waals surface area (Å²) >= 11 is 0. The molecule has 0 bridgehead atoms. The fourth-order valence-corrected chi connectivity index (χ4v) is 6.54. The Balaban J connectivity index is 2.15.